The van der Waals surface area contributed by atoms with Crippen molar-refractivity contribution < 1.29 is 19.3 Å². The maximum absolute atomic E-state index is 10.2. The monoisotopic (exact) mass is 181 g/mol. The number of carboxylic acid groups (broad SMARTS) is 1. The largest absolute Gasteiger partial charge is 0.479 e. The van der Waals surface area contributed by atoms with Crippen molar-refractivity contribution in [3.05, 3.63) is 0 Å². The molecule has 0 aliphatic heterocycles. The molecule has 0 rings (SSSR count). The molecule has 66 valence electrons. The van der Waals surface area contributed by atoms with Gasteiger partial charge in [0.25, 0.3) is 0 Å². The number of hydrogen-bond donors (Lipinski definition) is 3. The van der Waals surface area contributed by atoms with E-state index in [1.165, 1.54) is 6.92 Å². The molecule has 2 unspecified atom stereocenters. The molecule has 0 saturated heterocycles. The van der Waals surface area contributed by atoms with E-state index in [1.54, 1.807) is 0 Å². The predicted molar refractivity (Wildman–Crippen MR) is 41.2 cm³/mol. The molecule has 0 amide bonds. The van der Waals surface area contributed by atoms with Crippen molar-refractivity contribution in [2.45, 2.75) is 13.0 Å². The minimum Gasteiger partial charge on any atom is -0.479 e. The molecule has 0 aliphatic rings. The van der Waals surface area contributed by atoms with E-state index in [2.05, 4.69) is 0 Å². The molecular weight excluding hydrogens is 169 g/mol. The van der Waals surface area contributed by atoms with E-state index in [0.29, 0.717) is 12.7 Å². The summed E-state index contributed by atoms with van der Waals surface area (Å²) in [7, 11) is -1.66. The van der Waals surface area contributed by atoms with Crippen molar-refractivity contribution in [1.29, 1.82) is 0 Å². The van der Waals surface area contributed by atoms with Crippen LogP contribution in [0.1, 0.15) is 6.92 Å². The van der Waals surface area contributed by atoms with Crippen LogP contribution in [0.15, 0.2) is 0 Å². The van der Waals surface area contributed by atoms with Gasteiger partial charge in [-0.3, -0.25) is 0 Å². The van der Waals surface area contributed by atoms with Crippen molar-refractivity contribution in [3.8, 4) is 0 Å². The molecular formula is C5H12NO4P. The van der Waals surface area contributed by atoms with Gasteiger partial charge in [-0.1, -0.05) is 0 Å². The average Bonchev–Trinajstić information content (AvgIpc) is 1.87. The SMILES string of the molecule is CC(OP(O)CCN)C(=O)O. The smallest absolute Gasteiger partial charge is 0.332 e. The molecule has 0 aromatic rings. The lowest BCUT2D eigenvalue weighted by Crippen LogP contribution is -2.18. The Morgan fingerprint density at radius 2 is 2.36 bits per heavy atom. The van der Waals surface area contributed by atoms with E-state index >= 15 is 0 Å². The summed E-state index contributed by atoms with van der Waals surface area (Å²) in [5.74, 6) is -1.08. The average molecular weight is 181 g/mol. The molecule has 5 nitrogen and oxygen atoms in total. The van der Waals surface area contributed by atoms with Crippen molar-refractivity contribution in [3.63, 3.8) is 0 Å². The van der Waals surface area contributed by atoms with Gasteiger partial charge < -0.3 is 20.3 Å². The Morgan fingerprint density at radius 1 is 1.82 bits per heavy atom. The molecule has 2 atom stereocenters. The molecule has 0 radical (unpaired) electrons. The quantitative estimate of drug-likeness (QED) is 0.508. The topological polar surface area (TPSA) is 92.8 Å². The Balaban J connectivity index is 3.56. The summed E-state index contributed by atoms with van der Waals surface area (Å²) in [6.07, 6.45) is -0.648. The number of aliphatic carboxylic acids is 1. The summed E-state index contributed by atoms with van der Waals surface area (Å²) < 4.78 is 4.69. The molecule has 4 N–H and O–H groups in total. The highest BCUT2D eigenvalue weighted by Gasteiger charge is 2.15. The molecule has 11 heavy (non-hydrogen) atoms. The summed E-state index contributed by atoms with van der Waals surface area (Å²) in [6.45, 7) is 1.67. The maximum Gasteiger partial charge on any atom is 0.332 e. The number of rotatable bonds is 5. The fraction of sp³-hybridized carbons (Fsp3) is 0.800. The first-order valence-corrected chi connectivity index (χ1v) is 4.53. The van der Waals surface area contributed by atoms with Crippen molar-refractivity contribution >= 4 is 14.3 Å². The van der Waals surface area contributed by atoms with E-state index in [4.69, 9.17) is 20.3 Å². The summed E-state index contributed by atoms with van der Waals surface area (Å²) >= 11 is 0. The van der Waals surface area contributed by atoms with Crippen LogP contribution in [0.3, 0.4) is 0 Å². The fourth-order valence-corrected chi connectivity index (χ4v) is 1.17. The Kier molecular flexibility index (Phi) is 5.32. The number of carbonyl (C=O) groups is 1. The van der Waals surface area contributed by atoms with Crippen molar-refractivity contribution in [2.75, 3.05) is 12.7 Å². The molecule has 0 heterocycles. The van der Waals surface area contributed by atoms with Crippen LogP contribution in [-0.4, -0.2) is 34.8 Å². The number of hydrogen-bond acceptors (Lipinski definition) is 4. The second-order valence-corrected chi connectivity index (χ2v) is 3.31. The van der Waals surface area contributed by atoms with Gasteiger partial charge in [0, 0.05) is 12.7 Å². The van der Waals surface area contributed by atoms with Gasteiger partial charge in [-0.15, -0.1) is 0 Å². The molecule has 6 heteroatoms. The van der Waals surface area contributed by atoms with Gasteiger partial charge in [0.05, 0.1) is 0 Å². The van der Waals surface area contributed by atoms with E-state index in [1.807, 2.05) is 0 Å². The van der Waals surface area contributed by atoms with Gasteiger partial charge in [0.15, 0.2) is 14.5 Å². The van der Waals surface area contributed by atoms with E-state index in [-0.39, 0.29) is 0 Å². The summed E-state index contributed by atoms with van der Waals surface area (Å²) in [6, 6.07) is 0. The van der Waals surface area contributed by atoms with Gasteiger partial charge in [-0.05, 0) is 6.92 Å². The Labute approximate surface area is 66.1 Å². The predicted octanol–water partition coefficient (Wildman–Crippen LogP) is -0.261. The molecule has 0 aliphatic carbocycles. The van der Waals surface area contributed by atoms with Crippen LogP contribution in [0.5, 0.6) is 0 Å². The van der Waals surface area contributed by atoms with Gasteiger partial charge >= 0.3 is 5.97 Å². The highest BCUT2D eigenvalue weighted by Crippen LogP contribution is 2.31. The fourth-order valence-electron chi connectivity index (χ4n) is 0.391. The van der Waals surface area contributed by atoms with Gasteiger partial charge in [-0.2, -0.15) is 0 Å². The molecule has 0 aromatic carbocycles. The van der Waals surface area contributed by atoms with Crippen molar-refractivity contribution in [2.24, 2.45) is 5.73 Å². The highest BCUT2D eigenvalue weighted by atomic mass is 31.2. The van der Waals surface area contributed by atoms with Gasteiger partial charge in [-0.25, -0.2) is 4.79 Å². The van der Waals surface area contributed by atoms with Crippen LogP contribution in [-0.2, 0) is 9.32 Å². The minimum absolute atomic E-state index is 0.300. The first-order valence-electron chi connectivity index (χ1n) is 3.14. The Morgan fingerprint density at radius 3 is 2.73 bits per heavy atom. The standard InChI is InChI=1S/C5H12NO4P/c1-4(5(7)8)10-11(9)3-2-6/h4,9H,2-3,6H2,1H3,(H,7,8). The summed E-state index contributed by atoms with van der Waals surface area (Å²) in [5.41, 5.74) is 5.11. The van der Waals surface area contributed by atoms with Crippen LogP contribution in [0, 0.1) is 0 Å². The second kappa shape index (κ2) is 5.43. The third-order valence-electron chi connectivity index (χ3n) is 0.948. The molecule has 0 aromatic heterocycles. The lowest BCUT2D eigenvalue weighted by molar-refractivity contribution is -0.144. The Hall–Kier alpha value is -0.220. The zero-order valence-corrected chi connectivity index (χ0v) is 7.12. The lowest BCUT2D eigenvalue weighted by Gasteiger charge is -2.12. The van der Waals surface area contributed by atoms with Crippen LogP contribution in [0.4, 0.5) is 0 Å². The van der Waals surface area contributed by atoms with Crippen LogP contribution < -0.4 is 5.73 Å². The highest BCUT2D eigenvalue weighted by molar-refractivity contribution is 7.46. The van der Waals surface area contributed by atoms with Crippen LogP contribution in [0.25, 0.3) is 0 Å². The zero-order valence-electron chi connectivity index (χ0n) is 6.23. The number of nitrogens with two attached hydrogens (primary N) is 1. The summed E-state index contributed by atoms with van der Waals surface area (Å²) in [4.78, 5) is 19.1. The second-order valence-electron chi connectivity index (χ2n) is 1.95. The number of carboxylic acids is 1. The first kappa shape index (κ1) is 10.8. The molecule has 0 spiro atoms. The van der Waals surface area contributed by atoms with E-state index < -0.39 is 20.4 Å². The first-order chi connectivity index (χ1) is 5.07. The summed E-state index contributed by atoms with van der Waals surface area (Å²) in [5, 5.41) is 8.34. The lowest BCUT2D eigenvalue weighted by atomic mass is 10.4. The van der Waals surface area contributed by atoms with Crippen LogP contribution >= 0.6 is 8.38 Å². The third kappa shape index (κ3) is 5.09. The third-order valence-corrected chi connectivity index (χ3v) is 2.15. The normalized spacial score (nSPS) is 15.9. The van der Waals surface area contributed by atoms with E-state index in [9.17, 15) is 4.79 Å². The van der Waals surface area contributed by atoms with Crippen LogP contribution in [0.2, 0.25) is 0 Å². The van der Waals surface area contributed by atoms with E-state index in [0.717, 1.165) is 0 Å². The molecule has 0 bridgehead atoms. The van der Waals surface area contributed by atoms with Gasteiger partial charge in [0.1, 0.15) is 0 Å². The van der Waals surface area contributed by atoms with Crippen molar-refractivity contribution in [1.82, 2.24) is 0 Å². The zero-order chi connectivity index (χ0) is 8.85. The molecule has 0 saturated carbocycles. The minimum atomic E-state index is -1.66. The maximum atomic E-state index is 10.2. The Bertz CT molecular complexity index is 132. The van der Waals surface area contributed by atoms with Gasteiger partial charge in [0.2, 0.25) is 0 Å². The molecule has 0 fully saturated rings.